The van der Waals surface area contributed by atoms with Crippen molar-refractivity contribution >= 4 is 6.03 Å². The zero-order valence-electron chi connectivity index (χ0n) is 11.5. The number of urea groups is 1. The summed E-state index contributed by atoms with van der Waals surface area (Å²) in [5, 5.41) is 5.61. The van der Waals surface area contributed by atoms with Crippen molar-refractivity contribution in [3.63, 3.8) is 0 Å². The molecule has 1 fully saturated rings. The van der Waals surface area contributed by atoms with Gasteiger partial charge in [0.05, 0.1) is 0 Å². The highest BCUT2D eigenvalue weighted by Crippen LogP contribution is 2.17. The Morgan fingerprint density at radius 2 is 1.90 bits per heavy atom. The van der Waals surface area contributed by atoms with E-state index < -0.39 is 0 Å². The van der Waals surface area contributed by atoms with Crippen molar-refractivity contribution in [2.45, 2.75) is 25.8 Å². The molecule has 0 saturated carbocycles. The Bertz CT molecular complexity index is 416. The summed E-state index contributed by atoms with van der Waals surface area (Å²) >= 11 is 0. The summed E-state index contributed by atoms with van der Waals surface area (Å²) in [6.45, 7) is 2.76. The van der Waals surface area contributed by atoms with Crippen molar-refractivity contribution in [1.29, 1.82) is 0 Å². The molecule has 20 heavy (non-hydrogen) atoms. The van der Waals surface area contributed by atoms with Crippen LogP contribution in [-0.4, -0.2) is 25.8 Å². The van der Waals surface area contributed by atoms with Gasteiger partial charge in [0.15, 0.2) is 0 Å². The Labute approximate surface area is 118 Å². The molecule has 0 radical (unpaired) electrons. The molecule has 1 aromatic rings. The summed E-state index contributed by atoms with van der Waals surface area (Å²) in [5.74, 6) is 0.385. The van der Waals surface area contributed by atoms with Gasteiger partial charge in [-0.15, -0.1) is 0 Å². The summed E-state index contributed by atoms with van der Waals surface area (Å²) in [4.78, 5) is 11.6. The first-order chi connectivity index (χ1) is 9.74. The van der Waals surface area contributed by atoms with Gasteiger partial charge < -0.3 is 15.4 Å². The molecule has 110 valence electrons. The molecular weight excluding hydrogens is 259 g/mol. The van der Waals surface area contributed by atoms with Crippen LogP contribution >= 0.6 is 0 Å². The van der Waals surface area contributed by atoms with E-state index in [1.807, 2.05) is 0 Å². The molecule has 2 rings (SSSR count). The molecule has 1 heterocycles. The maximum atomic E-state index is 12.7. The molecule has 1 saturated heterocycles. The molecule has 1 aliphatic heterocycles. The van der Waals surface area contributed by atoms with E-state index in [0.717, 1.165) is 38.0 Å². The minimum Gasteiger partial charge on any atom is -0.381 e. The highest BCUT2D eigenvalue weighted by Gasteiger charge is 2.13. The van der Waals surface area contributed by atoms with Gasteiger partial charge in [-0.05, 0) is 42.9 Å². The molecule has 0 aromatic heterocycles. The predicted molar refractivity (Wildman–Crippen MR) is 74.8 cm³/mol. The van der Waals surface area contributed by atoms with Gasteiger partial charge in [0, 0.05) is 26.3 Å². The van der Waals surface area contributed by atoms with Crippen LogP contribution in [0.4, 0.5) is 9.18 Å². The quantitative estimate of drug-likeness (QED) is 0.870. The first-order valence-corrected chi connectivity index (χ1v) is 7.08. The van der Waals surface area contributed by atoms with E-state index >= 15 is 0 Å². The first-order valence-electron chi connectivity index (χ1n) is 7.08. The number of hydrogen-bond donors (Lipinski definition) is 2. The Morgan fingerprint density at radius 3 is 2.60 bits per heavy atom. The van der Waals surface area contributed by atoms with Gasteiger partial charge >= 0.3 is 6.03 Å². The Balaban J connectivity index is 1.59. The third-order valence-electron chi connectivity index (χ3n) is 3.55. The molecule has 0 aliphatic carbocycles. The lowest BCUT2D eigenvalue weighted by molar-refractivity contribution is 0.0642. The van der Waals surface area contributed by atoms with E-state index in [4.69, 9.17) is 4.74 Å². The lowest BCUT2D eigenvalue weighted by atomic mass is 9.97. The van der Waals surface area contributed by atoms with E-state index in [1.165, 1.54) is 12.1 Å². The lowest BCUT2D eigenvalue weighted by Gasteiger charge is -2.21. The van der Waals surface area contributed by atoms with Crippen molar-refractivity contribution < 1.29 is 13.9 Å². The van der Waals surface area contributed by atoms with Crippen molar-refractivity contribution in [2.75, 3.05) is 19.8 Å². The smallest absolute Gasteiger partial charge is 0.315 e. The molecule has 2 N–H and O–H groups in total. The summed E-state index contributed by atoms with van der Waals surface area (Å²) in [5.41, 5.74) is 0.881. The fourth-order valence-electron chi connectivity index (χ4n) is 2.27. The molecule has 0 atom stereocenters. The van der Waals surface area contributed by atoms with Crippen molar-refractivity contribution in [3.05, 3.63) is 35.6 Å². The summed E-state index contributed by atoms with van der Waals surface area (Å²) in [7, 11) is 0. The van der Waals surface area contributed by atoms with Gasteiger partial charge in [-0.3, -0.25) is 0 Å². The SMILES string of the molecule is O=C(NCCC1CCOCC1)NCc1ccc(F)cc1. The van der Waals surface area contributed by atoms with Crippen molar-refractivity contribution in [2.24, 2.45) is 5.92 Å². The number of nitrogens with one attached hydrogen (secondary N) is 2. The summed E-state index contributed by atoms with van der Waals surface area (Å²) < 4.78 is 18.0. The van der Waals surface area contributed by atoms with Gasteiger partial charge in [-0.25, -0.2) is 9.18 Å². The van der Waals surface area contributed by atoms with Gasteiger partial charge in [-0.2, -0.15) is 0 Å². The largest absolute Gasteiger partial charge is 0.381 e. The maximum absolute atomic E-state index is 12.7. The van der Waals surface area contributed by atoms with Crippen LogP contribution in [0.2, 0.25) is 0 Å². The molecule has 5 heteroatoms. The highest BCUT2D eigenvalue weighted by atomic mass is 19.1. The van der Waals surface area contributed by atoms with Gasteiger partial charge in [0.1, 0.15) is 5.82 Å². The van der Waals surface area contributed by atoms with Gasteiger partial charge in [-0.1, -0.05) is 12.1 Å². The zero-order valence-corrected chi connectivity index (χ0v) is 11.5. The molecule has 1 aliphatic rings. The van der Waals surface area contributed by atoms with Crippen LogP contribution in [0.15, 0.2) is 24.3 Å². The van der Waals surface area contributed by atoms with Crippen LogP contribution < -0.4 is 10.6 Å². The van der Waals surface area contributed by atoms with Crippen LogP contribution in [-0.2, 0) is 11.3 Å². The lowest BCUT2D eigenvalue weighted by Crippen LogP contribution is -2.36. The van der Waals surface area contributed by atoms with E-state index in [-0.39, 0.29) is 11.8 Å². The molecule has 1 aromatic carbocycles. The van der Waals surface area contributed by atoms with E-state index in [0.29, 0.717) is 19.0 Å². The monoisotopic (exact) mass is 280 g/mol. The number of hydrogen-bond acceptors (Lipinski definition) is 2. The summed E-state index contributed by atoms with van der Waals surface area (Å²) in [6.07, 6.45) is 3.16. The van der Waals surface area contributed by atoms with Crippen molar-refractivity contribution in [3.8, 4) is 0 Å². The molecular formula is C15H21FN2O2. The zero-order chi connectivity index (χ0) is 14.2. The van der Waals surface area contributed by atoms with Crippen LogP contribution in [0.5, 0.6) is 0 Å². The standard InChI is InChI=1S/C15H21FN2O2/c16-14-3-1-13(2-4-14)11-18-15(19)17-8-5-12-6-9-20-10-7-12/h1-4,12H,5-11H2,(H2,17,18,19). The fraction of sp³-hybridized carbons (Fsp3) is 0.533. The minimum absolute atomic E-state index is 0.179. The molecule has 2 amide bonds. The third-order valence-corrected chi connectivity index (χ3v) is 3.55. The normalized spacial score (nSPS) is 15.8. The van der Waals surface area contributed by atoms with E-state index in [9.17, 15) is 9.18 Å². The number of carbonyl (C=O) groups is 1. The van der Waals surface area contributed by atoms with Crippen LogP contribution in [0.25, 0.3) is 0 Å². The second-order valence-corrected chi connectivity index (χ2v) is 5.08. The second-order valence-electron chi connectivity index (χ2n) is 5.08. The second kappa shape index (κ2) is 7.85. The number of carbonyl (C=O) groups excluding carboxylic acids is 1. The number of rotatable bonds is 5. The Hall–Kier alpha value is -1.62. The number of benzene rings is 1. The van der Waals surface area contributed by atoms with Crippen LogP contribution in [0, 0.1) is 11.7 Å². The van der Waals surface area contributed by atoms with Crippen LogP contribution in [0.1, 0.15) is 24.8 Å². The van der Waals surface area contributed by atoms with Gasteiger partial charge in [0.25, 0.3) is 0 Å². The fourth-order valence-corrected chi connectivity index (χ4v) is 2.27. The number of amides is 2. The predicted octanol–water partition coefficient (Wildman–Crippen LogP) is 2.44. The molecule has 0 unspecified atom stereocenters. The average molecular weight is 280 g/mol. The maximum Gasteiger partial charge on any atom is 0.315 e. The Kier molecular flexibility index (Phi) is 5.80. The third kappa shape index (κ3) is 5.17. The topological polar surface area (TPSA) is 50.4 Å². The van der Waals surface area contributed by atoms with Crippen LogP contribution in [0.3, 0.4) is 0 Å². The number of halogens is 1. The molecule has 0 spiro atoms. The van der Waals surface area contributed by atoms with E-state index in [2.05, 4.69) is 10.6 Å². The van der Waals surface area contributed by atoms with Gasteiger partial charge in [0.2, 0.25) is 0 Å². The minimum atomic E-state index is -0.269. The average Bonchev–Trinajstić information content (AvgIpc) is 2.48. The highest BCUT2D eigenvalue weighted by molar-refractivity contribution is 5.73. The van der Waals surface area contributed by atoms with E-state index in [1.54, 1.807) is 12.1 Å². The molecule has 0 bridgehead atoms. The first kappa shape index (κ1) is 14.8. The summed E-state index contributed by atoms with van der Waals surface area (Å²) in [6, 6.07) is 5.93. The van der Waals surface area contributed by atoms with Crippen molar-refractivity contribution in [1.82, 2.24) is 10.6 Å². The molecule has 4 nitrogen and oxygen atoms in total. The Morgan fingerprint density at radius 1 is 1.20 bits per heavy atom. The number of ether oxygens (including phenoxy) is 1.